The van der Waals surface area contributed by atoms with E-state index in [0.717, 1.165) is 16.8 Å². The zero-order chi connectivity index (χ0) is 15.4. The third kappa shape index (κ3) is 3.06. The molecule has 2 N–H and O–H groups in total. The van der Waals surface area contributed by atoms with Crippen molar-refractivity contribution in [3.05, 3.63) is 89.0 Å². The van der Waals surface area contributed by atoms with Crippen molar-refractivity contribution in [2.75, 3.05) is 0 Å². The van der Waals surface area contributed by atoms with Gasteiger partial charge in [-0.25, -0.2) is 4.98 Å². The first kappa shape index (κ1) is 14.8. The van der Waals surface area contributed by atoms with Crippen molar-refractivity contribution < 1.29 is 5.11 Å². The first-order chi connectivity index (χ1) is 10.7. The standard InChI is InChI=1S/C18H17ClN2O/c19-16-8-6-15(7-9-16)18(22,14-4-2-1-3-5-14)11-10-17-12-20-13-21-17/h1-9,12-13,22H,10-11H2,(H,20,21). The van der Waals surface area contributed by atoms with E-state index in [4.69, 9.17) is 11.6 Å². The van der Waals surface area contributed by atoms with Gasteiger partial charge in [0.05, 0.1) is 6.33 Å². The first-order valence-corrected chi connectivity index (χ1v) is 7.57. The van der Waals surface area contributed by atoms with Crippen LogP contribution in [0.25, 0.3) is 0 Å². The molecule has 3 aromatic rings. The number of aromatic nitrogens is 2. The van der Waals surface area contributed by atoms with Crippen LogP contribution in [0, 0.1) is 0 Å². The van der Waals surface area contributed by atoms with Crippen LogP contribution >= 0.6 is 11.6 Å². The van der Waals surface area contributed by atoms with E-state index in [1.807, 2.05) is 42.5 Å². The Bertz CT molecular complexity index is 711. The summed E-state index contributed by atoms with van der Waals surface area (Å²) in [5.41, 5.74) is 1.65. The van der Waals surface area contributed by atoms with E-state index in [-0.39, 0.29) is 0 Å². The highest BCUT2D eigenvalue weighted by Gasteiger charge is 2.31. The maximum atomic E-state index is 11.4. The van der Waals surface area contributed by atoms with E-state index in [2.05, 4.69) is 9.97 Å². The minimum Gasteiger partial charge on any atom is -0.380 e. The fourth-order valence-electron chi connectivity index (χ4n) is 2.63. The number of aryl methyl sites for hydroxylation is 1. The van der Waals surface area contributed by atoms with Gasteiger partial charge in [0, 0.05) is 16.9 Å². The molecule has 0 radical (unpaired) electrons. The maximum absolute atomic E-state index is 11.4. The van der Waals surface area contributed by atoms with Crippen molar-refractivity contribution in [1.82, 2.24) is 9.97 Å². The van der Waals surface area contributed by atoms with Gasteiger partial charge in [-0.1, -0.05) is 54.1 Å². The molecule has 0 aliphatic carbocycles. The summed E-state index contributed by atoms with van der Waals surface area (Å²) in [6.45, 7) is 0. The van der Waals surface area contributed by atoms with Crippen molar-refractivity contribution in [3.63, 3.8) is 0 Å². The van der Waals surface area contributed by atoms with E-state index >= 15 is 0 Å². The highest BCUT2D eigenvalue weighted by Crippen LogP contribution is 2.34. The summed E-state index contributed by atoms with van der Waals surface area (Å²) >= 11 is 5.97. The van der Waals surface area contributed by atoms with Crippen LogP contribution in [-0.2, 0) is 12.0 Å². The van der Waals surface area contributed by atoms with E-state index in [1.54, 1.807) is 24.7 Å². The lowest BCUT2D eigenvalue weighted by atomic mass is 9.82. The van der Waals surface area contributed by atoms with Crippen LogP contribution in [0.15, 0.2) is 67.1 Å². The second-order valence-electron chi connectivity index (χ2n) is 5.31. The van der Waals surface area contributed by atoms with Gasteiger partial charge in [0.15, 0.2) is 0 Å². The smallest absolute Gasteiger partial charge is 0.115 e. The Morgan fingerprint density at radius 3 is 2.32 bits per heavy atom. The molecular weight excluding hydrogens is 296 g/mol. The van der Waals surface area contributed by atoms with Gasteiger partial charge in [-0.15, -0.1) is 0 Å². The van der Waals surface area contributed by atoms with Gasteiger partial charge in [-0.3, -0.25) is 0 Å². The number of aromatic amines is 1. The van der Waals surface area contributed by atoms with Crippen molar-refractivity contribution >= 4 is 11.6 Å². The van der Waals surface area contributed by atoms with Gasteiger partial charge in [0.1, 0.15) is 5.60 Å². The van der Waals surface area contributed by atoms with E-state index < -0.39 is 5.60 Å². The zero-order valence-electron chi connectivity index (χ0n) is 12.0. The molecule has 1 atom stereocenters. The number of nitrogens with zero attached hydrogens (tertiary/aromatic N) is 1. The molecule has 0 spiro atoms. The Morgan fingerprint density at radius 2 is 1.68 bits per heavy atom. The number of hydrogen-bond acceptors (Lipinski definition) is 2. The molecule has 0 saturated heterocycles. The number of H-pyrrole nitrogens is 1. The lowest BCUT2D eigenvalue weighted by Gasteiger charge is -2.29. The average molecular weight is 313 g/mol. The second kappa shape index (κ2) is 6.34. The van der Waals surface area contributed by atoms with E-state index in [0.29, 0.717) is 17.9 Å². The van der Waals surface area contributed by atoms with Crippen LogP contribution in [0.5, 0.6) is 0 Å². The highest BCUT2D eigenvalue weighted by atomic mass is 35.5. The van der Waals surface area contributed by atoms with Gasteiger partial charge in [-0.2, -0.15) is 0 Å². The summed E-state index contributed by atoms with van der Waals surface area (Å²) < 4.78 is 0. The summed E-state index contributed by atoms with van der Waals surface area (Å²) in [7, 11) is 0. The van der Waals surface area contributed by atoms with Crippen LogP contribution in [0.3, 0.4) is 0 Å². The van der Waals surface area contributed by atoms with E-state index in [9.17, 15) is 5.11 Å². The van der Waals surface area contributed by atoms with Gasteiger partial charge in [0.25, 0.3) is 0 Å². The molecule has 0 amide bonds. The normalized spacial score (nSPS) is 13.7. The molecule has 1 aromatic heterocycles. The second-order valence-corrected chi connectivity index (χ2v) is 5.75. The molecule has 0 fully saturated rings. The SMILES string of the molecule is OC(CCc1cnc[nH]1)(c1ccccc1)c1ccc(Cl)cc1. The first-order valence-electron chi connectivity index (χ1n) is 7.20. The zero-order valence-corrected chi connectivity index (χ0v) is 12.8. The average Bonchev–Trinajstić information content (AvgIpc) is 3.08. The number of benzene rings is 2. The van der Waals surface area contributed by atoms with Crippen LogP contribution in [0.4, 0.5) is 0 Å². The maximum Gasteiger partial charge on any atom is 0.115 e. The van der Waals surface area contributed by atoms with Crippen LogP contribution in [0.1, 0.15) is 23.2 Å². The number of halogens is 1. The van der Waals surface area contributed by atoms with Crippen molar-refractivity contribution in [1.29, 1.82) is 0 Å². The Balaban J connectivity index is 1.96. The predicted octanol–water partition coefficient (Wildman–Crippen LogP) is 3.93. The topological polar surface area (TPSA) is 48.9 Å². The Kier molecular flexibility index (Phi) is 4.27. The van der Waals surface area contributed by atoms with Crippen molar-refractivity contribution in [2.45, 2.75) is 18.4 Å². The summed E-state index contributed by atoms with van der Waals surface area (Å²) in [6.07, 6.45) is 4.70. The Labute approximate surface area is 134 Å². The molecule has 0 aliphatic heterocycles. The Morgan fingerprint density at radius 1 is 1.00 bits per heavy atom. The number of hydrogen-bond donors (Lipinski definition) is 2. The molecule has 1 unspecified atom stereocenters. The number of aliphatic hydroxyl groups is 1. The fraction of sp³-hybridized carbons (Fsp3) is 0.167. The van der Waals surface area contributed by atoms with Crippen LogP contribution in [0.2, 0.25) is 5.02 Å². The minimum atomic E-state index is -1.06. The van der Waals surface area contributed by atoms with Crippen molar-refractivity contribution in [2.24, 2.45) is 0 Å². The Hall–Kier alpha value is -2.10. The summed E-state index contributed by atoms with van der Waals surface area (Å²) in [4.78, 5) is 7.10. The van der Waals surface area contributed by atoms with E-state index in [1.165, 1.54) is 0 Å². The third-order valence-electron chi connectivity index (χ3n) is 3.88. The van der Waals surface area contributed by atoms with Gasteiger partial charge >= 0.3 is 0 Å². The molecule has 1 heterocycles. The molecule has 3 rings (SSSR count). The van der Waals surface area contributed by atoms with Gasteiger partial charge < -0.3 is 10.1 Å². The van der Waals surface area contributed by atoms with Crippen LogP contribution in [-0.4, -0.2) is 15.1 Å². The molecule has 2 aromatic carbocycles. The number of imidazole rings is 1. The quantitative estimate of drug-likeness (QED) is 0.750. The summed E-state index contributed by atoms with van der Waals surface area (Å²) in [5, 5.41) is 12.0. The molecule has 0 saturated carbocycles. The largest absolute Gasteiger partial charge is 0.380 e. The van der Waals surface area contributed by atoms with Gasteiger partial charge in [-0.05, 0) is 36.1 Å². The van der Waals surface area contributed by atoms with Gasteiger partial charge in [0.2, 0.25) is 0 Å². The molecule has 112 valence electrons. The number of rotatable bonds is 5. The number of nitrogens with one attached hydrogen (secondary N) is 1. The van der Waals surface area contributed by atoms with Crippen LogP contribution < -0.4 is 0 Å². The monoisotopic (exact) mass is 312 g/mol. The molecule has 0 bridgehead atoms. The third-order valence-corrected chi connectivity index (χ3v) is 4.14. The molecule has 3 nitrogen and oxygen atoms in total. The summed E-state index contributed by atoms with van der Waals surface area (Å²) in [5.74, 6) is 0. The summed E-state index contributed by atoms with van der Waals surface area (Å²) in [6, 6.07) is 17.1. The van der Waals surface area contributed by atoms with Crippen molar-refractivity contribution in [3.8, 4) is 0 Å². The highest BCUT2D eigenvalue weighted by molar-refractivity contribution is 6.30. The molecule has 0 aliphatic rings. The fourth-order valence-corrected chi connectivity index (χ4v) is 2.76. The lowest BCUT2D eigenvalue weighted by Crippen LogP contribution is -2.28. The molecule has 22 heavy (non-hydrogen) atoms. The lowest BCUT2D eigenvalue weighted by molar-refractivity contribution is 0.0711. The minimum absolute atomic E-state index is 0.556. The predicted molar refractivity (Wildman–Crippen MR) is 87.8 cm³/mol. The molecule has 4 heteroatoms. The molecular formula is C18H17ClN2O.